The van der Waals surface area contributed by atoms with E-state index in [0.29, 0.717) is 13.1 Å². The zero-order valence-electron chi connectivity index (χ0n) is 8.71. The SMILES string of the molecule is CC1CN(C(=O)O)CC1COS(C)(=O)=O. The lowest BCUT2D eigenvalue weighted by molar-refractivity contribution is 0.152. The highest BCUT2D eigenvalue weighted by Crippen LogP contribution is 2.23. The lowest BCUT2D eigenvalue weighted by Gasteiger charge is -2.12. The molecule has 0 bridgehead atoms. The Morgan fingerprint density at radius 2 is 2.13 bits per heavy atom. The molecule has 0 aromatic rings. The van der Waals surface area contributed by atoms with E-state index in [1.165, 1.54) is 4.90 Å². The minimum atomic E-state index is -3.44. The monoisotopic (exact) mass is 237 g/mol. The maximum Gasteiger partial charge on any atom is 0.407 e. The van der Waals surface area contributed by atoms with Crippen molar-refractivity contribution in [2.75, 3.05) is 26.0 Å². The van der Waals surface area contributed by atoms with Crippen LogP contribution in [0.2, 0.25) is 0 Å². The Bertz CT molecular complexity index is 339. The Morgan fingerprint density at radius 1 is 1.53 bits per heavy atom. The van der Waals surface area contributed by atoms with E-state index in [1.54, 1.807) is 0 Å². The minimum Gasteiger partial charge on any atom is -0.465 e. The summed E-state index contributed by atoms with van der Waals surface area (Å²) in [4.78, 5) is 11.9. The van der Waals surface area contributed by atoms with E-state index >= 15 is 0 Å². The van der Waals surface area contributed by atoms with Gasteiger partial charge in [0.05, 0.1) is 12.9 Å². The molecule has 0 aromatic heterocycles. The first kappa shape index (κ1) is 12.3. The van der Waals surface area contributed by atoms with Gasteiger partial charge in [-0.1, -0.05) is 6.92 Å². The molecule has 1 aliphatic heterocycles. The van der Waals surface area contributed by atoms with E-state index in [4.69, 9.17) is 5.11 Å². The number of amides is 1. The number of likely N-dealkylation sites (tertiary alicyclic amines) is 1. The molecular weight excluding hydrogens is 222 g/mol. The van der Waals surface area contributed by atoms with Crippen LogP contribution in [-0.2, 0) is 14.3 Å². The number of hydrogen-bond donors (Lipinski definition) is 1. The number of rotatable bonds is 3. The van der Waals surface area contributed by atoms with E-state index in [2.05, 4.69) is 4.18 Å². The van der Waals surface area contributed by atoms with Crippen molar-refractivity contribution in [1.29, 1.82) is 0 Å². The molecule has 2 unspecified atom stereocenters. The van der Waals surface area contributed by atoms with Gasteiger partial charge in [0.1, 0.15) is 0 Å². The van der Waals surface area contributed by atoms with Crippen molar-refractivity contribution in [3.8, 4) is 0 Å². The van der Waals surface area contributed by atoms with Gasteiger partial charge in [-0.05, 0) is 5.92 Å². The van der Waals surface area contributed by atoms with Crippen molar-refractivity contribution in [2.45, 2.75) is 6.92 Å². The predicted molar refractivity (Wildman–Crippen MR) is 53.0 cm³/mol. The van der Waals surface area contributed by atoms with E-state index in [9.17, 15) is 13.2 Å². The zero-order valence-corrected chi connectivity index (χ0v) is 9.53. The normalized spacial score (nSPS) is 26.9. The molecule has 1 saturated heterocycles. The molecule has 2 atom stereocenters. The molecule has 1 rings (SSSR count). The summed E-state index contributed by atoms with van der Waals surface area (Å²) in [6.07, 6.45) is 0.0189. The Balaban J connectivity index is 2.48. The highest BCUT2D eigenvalue weighted by Gasteiger charge is 2.33. The van der Waals surface area contributed by atoms with E-state index < -0.39 is 16.2 Å². The van der Waals surface area contributed by atoms with Gasteiger partial charge in [-0.2, -0.15) is 8.42 Å². The molecule has 0 aliphatic carbocycles. The molecule has 1 fully saturated rings. The first-order valence-electron chi connectivity index (χ1n) is 4.62. The molecule has 0 saturated carbocycles. The lowest BCUT2D eigenvalue weighted by Crippen LogP contribution is -2.27. The predicted octanol–water partition coefficient (Wildman–Crippen LogP) is 0.209. The molecule has 0 aromatic carbocycles. The third-order valence-electron chi connectivity index (χ3n) is 2.53. The van der Waals surface area contributed by atoms with Crippen molar-refractivity contribution in [1.82, 2.24) is 4.90 Å². The van der Waals surface area contributed by atoms with Crippen LogP contribution < -0.4 is 0 Å². The van der Waals surface area contributed by atoms with Crippen LogP contribution in [0.3, 0.4) is 0 Å². The molecule has 1 aliphatic rings. The summed E-state index contributed by atoms with van der Waals surface area (Å²) in [6, 6.07) is 0. The number of carbonyl (C=O) groups is 1. The average Bonchev–Trinajstić information content (AvgIpc) is 2.42. The fourth-order valence-corrected chi connectivity index (χ4v) is 2.04. The smallest absolute Gasteiger partial charge is 0.407 e. The van der Waals surface area contributed by atoms with Gasteiger partial charge in [0.15, 0.2) is 0 Å². The third-order valence-corrected chi connectivity index (χ3v) is 3.10. The summed E-state index contributed by atoms with van der Waals surface area (Å²) in [7, 11) is -3.44. The first-order valence-corrected chi connectivity index (χ1v) is 6.43. The van der Waals surface area contributed by atoms with Crippen LogP contribution in [-0.4, -0.2) is 50.5 Å². The number of hydrogen-bond acceptors (Lipinski definition) is 4. The van der Waals surface area contributed by atoms with Gasteiger partial charge in [0.2, 0.25) is 0 Å². The van der Waals surface area contributed by atoms with Gasteiger partial charge >= 0.3 is 6.09 Å². The van der Waals surface area contributed by atoms with Crippen molar-refractivity contribution < 1.29 is 22.5 Å². The first-order chi connectivity index (χ1) is 6.79. The fourth-order valence-electron chi connectivity index (χ4n) is 1.62. The maximum absolute atomic E-state index is 10.8. The highest BCUT2D eigenvalue weighted by atomic mass is 32.2. The van der Waals surface area contributed by atoms with Crippen molar-refractivity contribution >= 4 is 16.2 Å². The summed E-state index contributed by atoms with van der Waals surface area (Å²) in [5.74, 6) is 0.0821. The molecule has 88 valence electrons. The van der Waals surface area contributed by atoms with E-state index in [0.717, 1.165) is 6.26 Å². The standard InChI is InChI=1S/C8H15NO5S/c1-6-3-9(8(10)11)4-7(6)5-14-15(2,12)13/h6-7H,3-5H2,1-2H3,(H,10,11). The molecule has 0 radical (unpaired) electrons. The molecule has 1 amide bonds. The molecule has 15 heavy (non-hydrogen) atoms. The topological polar surface area (TPSA) is 83.9 Å². The Kier molecular flexibility index (Phi) is 3.56. The second-order valence-electron chi connectivity index (χ2n) is 3.91. The van der Waals surface area contributed by atoms with Crippen LogP contribution >= 0.6 is 0 Å². The van der Waals surface area contributed by atoms with Gasteiger partial charge in [-0.15, -0.1) is 0 Å². The maximum atomic E-state index is 10.8. The summed E-state index contributed by atoms with van der Waals surface area (Å²) >= 11 is 0. The molecule has 0 spiro atoms. The molecular formula is C8H15NO5S. The van der Waals surface area contributed by atoms with Crippen LogP contribution in [0, 0.1) is 11.8 Å². The van der Waals surface area contributed by atoms with Crippen LogP contribution in [0.4, 0.5) is 4.79 Å². The van der Waals surface area contributed by atoms with Crippen LogP contribution in [0.15, 0.2) is 0 Å². The van der Waals surface area contributed by atoms with Gasteiger partial charge in [-0.25, -0.2) is 4.79 Å². The number of nitrogens with zero attached hydrogens (tertiary/aromatic N) is 1. The fraction of sp³-hybridized carbons (Fsp3) is 0.875. The zero-order chi connectivity index (χ0) is 11.6. The summed E-state index contributed by atoms with van der Waals surface area (Å²) < 4.78 is 26.2. The molecule has 7 heteroatoms. The lowest BCUT2D eigenvalue weighted by atomic mass is 10.00. The van der Waals surface area contributed by atoms with Gasteiger partial charge in [-0.3, -0.25) is 4.18 Å². The van der Waals surface area contributed by atoms with Gasteiger partial charge in [0, 0.05) is 19.0 Å². The number of carboxylic acid groups (broad SMARTS) is 1. The second-order valence-corrected chi connectivity index (χ2v) is 5.56. The largest absolute Gasteiger partial charge is 0.465 e. The minimum absolute atomic E-state index is 0.0455. The van der Waals surface area contributed by atoms with Crippen LogP contribution in [0.1, 0.15) is 6.92 Å². The average molecular weight is 237 g/mol. The molecule has 1 heterocycles. The summed E-state index contributed by atoms with van der Waals surface area (Å²) in [5, 5.41) is 8.74. The molecule has 6 nitrogen and oxygen atoms in total. The highest BCUT2D eigenvalue weighted by molar-refractivity contribution is 7.85. The quantitative estimate of drug-likeness (QED) is 0.709. The van der Waals surface area contributed by atoms with Crippen molar-refractivity contribution in [3.05, 3.63) is 0 Å². The Labute approximate surface area is 89.0 Å². The van der Waals surface area contributed by atoms with Gasteiger partial charge in [0.25, 0.3) is 10.1 Å². The molecule has 1 N–H and O–H groups in total. The summed E-state index contributed by atoms with van der Waals surface area (Å²) in [6.45, 7) is 2.72. The Hall–Kier alpha value is -0.820. The van der Waals surface area contributed by atoms with Crippen molar-refractivity contribution in [3.63, 3.8) is 0 Å². The van der Waals surface area contributed by atoms with Crippen molar-refractivity contribution in [2.24, 2.45) is 11.8 Å². The van der Waals surface area contributed by atoms with Crippen LogP contribution in [0.25, 0.3) is 0 Å². The van der Waals surface area contributed by atoms with Crippen LogP contribution in [0.5, 0.6) is 0 Å². The van der Waals surface area contributed by atoms with Gasteiger partial charge < -0.3 is 10.0 Å². The Morgan fingerprint density at radius 3 is 2.53 bits per heavy atom. The summed E-state index contributed by atoms with van der Waals surface area (Å²) in [5.41, 5.74) is 0. The third kappa shape index (κ3) is 3.67. The van der Waals surface area contributed by atoms with E-state index in [1.807, 2.05) is 6.92 Å². The second kappa shape index (κ2) is 4.36. The van der Waals surface area contributed by atoms with E-state index in [-0.39, 0.29) is 18.4 Å².